The van der Waals surface area contributed by atoms with Crippen LogP contribution in [0.3, 0.4) is 0 Å². The zero-order valence-electron chi connectivity index (χ0n) is 17.6. The lowest BCUT2D eigenvalue weighted by Crippen LogP contribution is -2.40. The Kier molecular flexibility index (Phi) is 4.94. The Labute approximate surface area is 191 Å². The SMILES string of the molecule is CCN1C(=O)C(=c2sc3n(c2=O)[C@@H](c2cccs2)C(C(=O)OC)=C(C)N=3)c2ccccc21. The number of esters is 1. The van der Waals surface area contributed by atoms with Gasteiger partial charge in [0.1, 0.15) is 10.6 Å². The molecule has 0 saturated carbocycles. The fourth-order valence-corrected chi connectivity index (χ4v) is 6.23. The summed E-state index contributed by atoms with van der Waals surface area (Å²) < 4.78 is 6.86. The summed E-state index contributed by atoms with van der Waals surface area (Å²) in [7, 11) is 1.31. The summed E-state index contributed by atoms with van der Waals surface area (Å²) in [6.07, 6.45) is 0. The van der Waals surface area contributed by atoms with Crippen LogP contribution in [0.2, 0.25) is 0 Å². The van der Waals surface area contributed by atoms with E-state index in [1.54, 1.807) is 11.8 Å². The van der Waals surface area contributed by atoms with Crippen LogP contribution in [0.25, 0.3) is 5.57 Å². The average Bonchev–Trinajstić information content (AvgIpc) is 3.49. The van der Waals surface area contributed by atoms with Crippen LogP contribution in [0, 0.1) is 0 Å². The van der Waals surface area contributed by atoms with Crippen LogP contribution < -0.4 is 19.8 Å². The van der Waals surface area contributed by atoms with Gasteiger partial charge in [-0.25, -0.2) is 9.79 Å². The Morgan fingerprint density at radius 2 is 1.97 bits per heavy atom. The second kappa shape index (κ2) is 7.68. The first kappa shape index (κ1) is 20.6. The van der Waals surface area contributed by atoms with E-state index >= 15 is 0 Å². The molecule has 162 valence electrons. The van der Waals surface area contributed by atoms with E-state index in [2.05, 4.69) is 4.99 Å². The molecule has 1 amide bonds. The number of thiazole rings is 1. The molecule has 0 saturated heterocycles. The summed E-state index contributed by atoms with van der Waals surface area (Å²) in [5.41, 5.74) is 2.41. The summed E-state index contributed by atoms with van der Waals surface area (Å²) in [4.78, 5) is 47.2. The molecule has 0 N–H and O–H groups in total. The third-order valence-electron chi connectivity index (χ3n) is 5.68. The van der Waals surface area contributed by atoms with Crippen molar-refractivity contribution >= 4 is 45.8 Å². The third-order valence-corrected chi connectivity index (χ3v) is 7.66. The maximum Gasteiger partial charge on any atom is 0.338 e. The highest BCUT2D eigenvalue weighted by Gasteiger charge is 2.37. The largest absolute Gasteiger partial charge is 0.466 e. The molecule has 7 nitrogen and oxygen atoms in total. The minimum Gasteiger partial charge on any atom is -0.466 e. The highest BCUT2D eigenvalue weighted by atomic mass is 32.1. The number of rotatable bonds is 3. The predicted octanol–water partition coefficient (Wildman–Crippen LogP) is 2.21. The van der Waals surface area contributed by atoms with Gasteiger partial charge in [0.25, 0.3) is 11.5 Å². The van der Waals surface area contributed by atoms with E-state index in [0.29, 0.717) is 32.7 Å². The molecule has 32 heavy (non-hydrogen) atoms. The van der Waals surface area contributed by atoms with Crippen molar-refractivity contribution < 1.29 is 14.3 Å². The lowest BCUT2D eigenvalue weighted by molar-refractivity contribution is -0.136. The van der Waals surface area contributed by atoms with Crippen molar-refractivity contribution in [2.75, 3.05) is 18.6 Å². The van der Waals surface area contributed by atoms with Gasteiger partial charge in [-0.1, -0.05) is 35.6 Å². The molecule has 5 rings (SSSR count). The molecule has 0 spiro atoms. The Morgan fingerprint density at radius 3 is 2.66 bits per heavy atom. The van der Waals surface area contributed by atoms with Gasteiger partial charge in [-0.15, -0.1) is 11.3 Å². The number of aromatic nitrogens is 1. The molecule has 1 aromatic carbocycles. The van der Waals surface area contributed by atoms with Crippen LogP contribution in [-0.2, 0) is 14.3 Å². The number of thiophene rings is 1. The van der Waals surface area contributed by atoms with Crippen LogP contribution in [0.15, 0.2) is 62.8 Å². The number of allylic oxidation sites excluding steroid dienone is 1. The first-order valence-electron chi connectivity index (χ1n) is 10.1. The van der Waals surface area contributed by atoms with Crippen molar-refractivity contribution in [3.63, 3.8) is 0 Å². The molecule has 0 unspecified atom stereocenters. The van der Waals surface area contributed by atoms with E-state index in [9.17, 15) is 14.4 Å². The van der Waals surface area contributed by atoms with Crippen LogP contribution in [0.5, 0.6) is 0 Å². The smallest absolute Gasteiger partial charge is 0.338 e. The summed E-state index contributed by atoms with van der Waals surface area (Å²) in [6.45, 7) is 4.14. The number of nitrogens with zero attached hydrogens (tertiary/aromatic N) is 3. The fourth-order valence-electron chi connectivity index (χ4n) is 4.27. The number of ether oxygens (including phenoxy) is 1. The normalized spacial score (nSPS) is 19.0. The number of amides is 1. The zero-order chi connectivity index (χ0) is 22.6. The van der Waals surface area contributed by atoms with E-state index < -0.39 is 12.0 Å². The number of hydrogen-bond donors (Lipinski definition) is 0. The lowest BCUT2D eigenvalue weighted by atomic mass is 10.0. The molecule has 3 aromatic rings. The number of anilines is 1. The second-order valence-electron chi connectivity index (χ2n) is 7.35. The second-order valence-corrected chi connectivity index (χ2v) is 9.31. The highest BCUT2D eigenvalue weighted by Crippen LogP contribution is 2.36. The summed E-state index contributed by atoms with van der Waals surface area (Å²) in [5, 5.41) is 1.90. The molecule has 2 aliphatic heterocycles. The van der Waals surface area contributed by atoms with Gasteiger partial charge in [0.2, 0.25) is 0 Å². The number of benzene rings is 1. The van der Waals surface area contributed by atoms with Crippen LogP contribution >= 0.6 is 22.7 Å². The number of fused-ring (bicyclic) bond motifs is 2. The summed E-state index contributed by atoms with van der Waals surface area (Å²) in [5.74, 6) is -0.724. The molecular weight excluding hydrogens is 446 g/mol. The molecule has 9 heteroatoms. The topological polar surface area (TPSA) is 81.0 Å². The Bertz CT molecular complexity index is 1480. The van der Waals surface area contributed by atoms with Crippen molar-refractivity contribution in [3.05, 3.63) is 83.2 Å². The summed E-state index contributed by atoms with van der Waals surface area (Å²) >= 11 is 2.63. The van der Waals surface area contributed by atoms with Gasteiger partial charge in [-0.05, 0) is 31.4 Å². The van der Waals surface area contributed by atoms with E-state index in [0.717, 1.165) is 16.1 Å². The molecule has 0 radical (unpaired) electrons. The van der Waals surface area contributed by atoms with Crippen molar-refractivity contribution in [1.29, 1.82) is 0 Å². The number of likely N-dealkylation sites (N-methyl/N-ethyl adjacent to an activating group) is 1. The van der Waals surface area contributed by atoms with Gasteiger partial charge in [0.15, 0.2) is 4.80 Å². The lowest BCUT2D eigenvalue weighted by Gasteiger charge is -2.22. The van der Waals surface area contributed by atoms with Crippen molar-refractivity contribution in [2.24, 2.45) is 4.99 Å². The molecule has 2 aromatic heterocycles. The zero-order valence-corrected chi connectivity index (χ0v) is 19.3. The van der Waals surface area contributed by atoms with E-state index in [1.807, 2.05) is 48.7 Å². The fraction of sp³-hybridized carbons (Fsp3) is 0.217. The molecule has 0 aliphatic carbocycles. The molecule has 2 aliphatic rings. The van der Waals surface area contributed by atoms with Gasteiger partial charge in [-0.2, -0.15) is 0 Å². The Hall–Kier alpha value is -3.30. The number of hydrogen-bond acceptors (Lipinski definition) is 7. The van der Waals surface area contributed by atoms with Crippen molar-refractivity contribution in [1.82, 2.24) is 4.57 Å². The average molecular weight is 466 g/mol. The van der Waals surface area contributed by atoms with Gasteiger partial charge in [-0.3, -0.25) is 14.2 Å². The van der Waals surface area contributed by atoms with Crippen LogP contribution in [0.1, 0.15) is 30.3 Å². The van der Waals surface area contributed by atoms with E-state index in [-0.39, 0.29) is 11.5 Å². The first-order valence-corrected chi connectivity index (χ1v) is 11.8. The summed E-state index contributed by atoms with van der Waals surface area (Å²) in [6, 6.07) is 10.6. The number of para-hydroxylation sites is 1. The quantitative estimate of drug-likeness (QED) is 0.556. The maximum absolute atomic E-state index is 13.8. The minimum atomic E-state index is -0.651. The monoisotopic (exact) mass is 465 g/mol. The predicted molar refractivity (Wildman–Crippen MR) is 124 cm³/mol. The van der Waals surface area contributed by atoms with Gasteiger partial charge in [0, 0.05) is 17.0 Å². The van der Waals surface area contributed by atoms with Gasteiger partial charge < -0.3 is 9.64 Å². The van der Waals surface area contributed by atoms with Gasteiger partial charge in [0.05, 0.1) is 29.6 Å². The number of carbonyl (C=O) groups excluding carboxylic acids is 2. The highest BCUT2D eigenvalue weighted by molar-refractivity contribution is 7.10. The molecule has 4 heterocycles. The molecule has 0 fully saturated rings. The first-order chi connectivity index (χ1) is 15.5. The van der Waals surface area contributed by atoms with E-state index in [1.165, 1.54) is 34.4 Å². The third kappa shape index (κ3) is 2.85. The maximum atomic E-state index is 13.8. The van der Waals surface area contributed by atoms with Crippen LogP contribution in [0.4, 0.5) is 5.69 Å². The number of methoxy groups -OCH3 is 1. The molecular formula is C23H19N3O4S2. The van der Waals surface area contributed by atoms with Crippen molar-refractivity contribution in [3.8, 4) is 0 Å². The minimum absolute atomic E-state index is 0.199. The van der Waals surface area contributed by atoms with Crippen LogP contribution in [-0.4, -0.2) is 30.1 Å². The van der Waals surface area contributed by atoms with Crippen molar-refractivity contribution in [2.45, 2.75) is 19.9 Å². The van der Waals surface area contributed by atoms with Gasteiger partial charge >= 0.3 is 5.97 Å². The Balaban J connectivity index is 1.85. The Morgan fingerprint density at radius 1 is 1.19 bits per heavy atom. The van der Waals surface area contributed by atoms with E-state index in [4.69, 9.17) is 4.74 Å². The molecule has 0 bridgehead atoms. The standard InChI is InChI=1S/C23H19N3O4S2/c1-4-25-14-9-6-5-8-13(14)17(20(25)27)19-21(28)26-18(15-10-7-11-31-15)16(22(29)30-3)12(2)24-23(26)32-19/h5-11,18H,4H2,1-3H3/t18-/m0/s1. The molecule has 1 atom stereocenters. The number of carbonyl (C=O) groups is 2.